The third-order valence-electron chi connectivity index (χ3n) is 1.82. The van der Waals surface area contributed by atoms with Crippen molar-refractivity contribution in [3.63, 3.8) is 0 Å². The van der Waals surface area contributed by atoms with E-state index < -0.39 is 6.03 Å². The quantitative estimate of drug-likeness (QED) is 0.472. The highest BCUT2D eigenvalue weighted by Crippen LogP contribution is 2.20. The van der Waals surface area contributed by atoms with Crippen LogP contribution in [-0.2, 0) is 0 Å². The Morgan fingerprint density at radius 3 is 2.67 bits per heavy atom. The van der Waals surface area contributed by atoms with Crippen molar-refractivity contribution < 1.29 is 4.79 Å². The second-order valence-corrected chi connectivity index (χ2v) is 3.45. The van der Waals surface area contributed by atoms with Crippen molar-refractivity contribution in [3.8, 4) is 0 Å². The molecule has 3 N–H and O–H groups in total. The average molecular weight is 190 g/mol. The number of nitrogens with zero attached hydrogens (tertiary/aromatic N) is 1. The van der Waals surface area contributed by atoms with Crippen LogP contribution >= 0.6 is 11.6 Å². The first-order valence-corrected chi connectivity index (χ1v) is 4.37. The van der Waals surface area contributed by atoms with Crippen LogP contribution in [0.15, 0.2) is 5.10 Å². The van der Waals surface area contributed by atoms with Gasteiger partial charge in [-0.2, -0.15) is 5.10 Å². The Hall–Kier alpha value is -0.770. The molecule has 1 aliphatic rings. The zero-order valence-corrected chi connectivity index (χ0v) is 7.47. The largest absolute Gasteiger partial charge is 0.350 e. The third kappa shape index (κ3) is 3.09. The van der Waals surface area contributed by atoms with E-state index in [0.29, 0.717) is 0 Å². The van der Waals surface area contributed by atoms with E-state index in [2.05, 4.69) is 10.5 Å². The first-order chi connectivity index (χ1) is 5.68. The van der Waals surface area contributed by atoms with Gasteiger partial charge in [-0.15, -0.1) is 11.6 Å². The monoisotopic (exact) mass is 189 g/mol. The molecule has 0 bridgehead atoms. The fraction of sp³-hybridized carbons (Fsp3) is 0.714. The number of carbonyl (C=O) groups excluding carboxylic acids is 1. The number of nitrogens with one attached hydrogen (secondary N) is 1. The van der Waals surface area contributed by atoms with E-state index >= 15 is 0 Å². The van der Waals surface area contributed by atoms with E-state index in [1.807, 2.05) is 0 Å². The summed E-state index contributed by atoms with van der Waals surface area (Å²) >= 11 is 5.88. The molecule has 0 aliphatic heterocycles. The smallest absolute Gasteiger partial charge is 0.332 e. The maximum atomic E-state index is 10.3. The zero-order valence-electron chi connectivity index (χ0n) is 6.72. The number of nitrogens with two attached hydrogens (primary N) is 1. The molecule has 0 aromatic heterocycles. The fourth-order valence-corrected chi connectivity index (χ4v) is 1.38. The van der Waals surface area contributed by atoms with Gasteiger partial charge >= 0.3 is 6.03 Å². The lowest BCUT2D eigenvalue weighted by Gasteiger charge is -2.16. The van der Waals surface area contributed by atoms with Crippen molar-refractivity contribution in [2.75, 3.05) is 0 Å². The molecule has 0 radical (unpaired) electrons. The Balaban J connectivity index is 2.33. The molecular weight excluding hydrogens is 178 g/mol. The van der Waals surface area contributed by atoms with E-state index in [9.17, 15) is 4.79 Å². The van der Waals surface area contributed by atoms with Crippen LogP contribution in [0, 0.1) is 0 Å². The number of hydrogen-bond donors (Lipinski definition) is 2. The Bertz CT molecular complexity index is 195. The molecule has 12 heavy (non-hydrogen) atoms. The topological polar surface area (TPSA) is 67.5 Å². The highest BCUT2D eigenvalue weighted by Gasteiger charge is 2.14. The third-order valence-corrected chi connectivity index (χ3v) is 2.25. The molecule has 0 saturated heterocycles. The predicted octanol–water partition coefficient (Wildman–Crippen LogP) is 1.19. The molecule has 1 fully saturated rings. The van der Waals surface area contributed by atoms with Gasteiger partial charge in [0.1, 0.15) is 0 Å². The molecular formula is C7H12ClN3O. The van der Waals surface area contributed by atoms with Gasteiger partial charge in [0.15, 0.2) is 0 Å². The maximum absolute atomic E-state index is 10.3. The summed E-state index contributed by atoms with van der Waals surface area (Å²) < 4.78 is 0. The lowest BCUT2D eigenvalue weighted by Crippen LogP contribution is -2.27. The first kappa shape index (κ1) is 9.32. The van der Waals surface area contributed by atoms with Gasteiger partial charge in [-0.1, -0.05) is 0 Å². The van der Waals surface area contributed by atoms with Gasteiger partial charge in [0.05, 0.1) is 0 Å². The zero-order chi connectivity index (χ0) is 8.97. The summed E-state index contributed by atoms with van der Waals surface area (Å²) in [6.45, 7) is 0. The van der Waals surface area contributed by atoms with Crippen molar-refractivity contribution >= 4 is 23.3 Å². The van der Waals surface area contributed by atoms with Gasteiger partial charge in [0.25, 0.3) is 0 Å². The summed E-state index contributed by atoms with van der Waals surface area (Å²) in [4.78, 5) is 10.3. The molecule has 0 unspecified atom stereocenters. The van der Waals surface area contributed by atoms with Gasteiger partial charge < -0.3 is 5.73 Å². The predicted molar refractivity (Wildman–Crippen MR) is 48.3 cm³/mol. The number of hydrogen-bond acceptors (Lipinski definition) is 2. The number of alkyl halides is 1. The van der Waals surface area contributed by atoms with Crippen molar-refractivity contribution in [3.05, 3.63) is 0 Å². The first-order valence-electron chi connectivity index (χ1n) is 3.93. The Kier molecular flexibility index (Phi) is 3.34. The second-order valence-electron chi connectivity index (χ2n) is 2.83. The van der Waals surface area contributed by atoms with Crippen LogP contribution < -0.4 is 11.2 Å². The number of rotatable bonds is 1. The number of hydrazone groups is 1. The molecule has 1 rings (SSSR count). The summed E-state index contributed by atoms with van der Waals surface area (Å²) in [6, 6.07) is -0.615. The molecule has 0 atom stereocenters. The molecule has 68 valence electrons. The molecule has 0 heterocycles. The minimum absolute atomic E-state index is 0.262. The summed E-state index contributed by atoms with van der Waals surface area (Å²) in [5.41, 5.74) is 8.05. The van der Waals surface area contributed by atoms with Crippen molar-refractivity contribution in [2.45, 2.75) is 31.1 Å². The van der Waals surface area contributed by atoms with E-state index in [1.54, 1.807) is 0 Å². The van der Waals surface area contributed by atoms with Gasteiger partial charge in [0, 0.05) is 11.1 Å². The SMILES string of the molecule is NC(=O)NN=C1CCC(Cl)CC1. The Labute approximate surface area is 76.1 Å². The molecule has 4 nitrogen and oxygen atoms in total. The van der Waals surface area contributed by atoms with Crippen LogP contribution in [0.25, 0.3) is 0 Å². The lowest BCUT2D eigenvalue weighted by molar-refractivity contribution is 0.249. The molecule has 0 aromatic carbocycles. The second kappa shape index (κ2) is 4.30. The number of halogens is 1. The van der Waals surface area contributed by atoms with E-state index in [0.717, 1.165) is 31.4 Å². The Morgan fingerprint density at radius 1 is 1.58 bits per heavy atom. The summed E-state index contributed by atoms with van der Waals surface area (Å²) in [6.07, 6.45) is 3.57. The minimum atomic E-state index is -0.615. The maximum Gasteiger partial charge on any atom is 0.332 e. The van der Waals surface area contributed by atoms with Crippen LogP contribution in [0.5, 0.6) is 0 Å². The summed E-state index contributed by atoms with van der Waals surface area (Å²) in [5, 5.41) is 4.11. The number of amides is 2. The van der Waals surface area contributed by atoms with Gasteiger partial charge in [-0.05, 0) is 25.7 Å². The highest BCUT2D eigenvalue weighted by atomic mass is 35.5. The van der Waals surface area contributed by atoms with Gasteiger partial charge in [-0.3, -0.25) is 0 Å². The fourth-order valence-electron chi connectivity index (χ4n) is 1.16. The van der Waals surface area contributed by atoms with Crippen LogP contribution in [0.1, 0.15) is 25.7 Å². The molecule has 2 amide bonds. The van der Waals surface area contributed by atoms with E-state index in [4.69, 9.17) is 17.3 Å². The lowest BCUT2D eigenvalue weighted by atomic mass is 9.98. The standard InChI is InChI=1S/C7H12ClN3O/c8-5-1-3-6(4-2-5)10-11-7(9)12/h5H,1-4H2,(H3,9,11,12). The van der Waals surface area contributed by atoms with Crippen molar-refractivity contribution in [1.29, 1.82) is 0 Å². The summed E-state index contributed by atoms with van der Waals surface area (Å²) in [7, 11) is 0. The number of carbonyl (C=O) groups is 1. The number of urea groups is 1. The van der Waals surface area contributed by atoms with Crippen LogP contribution in [0.4, 0.5) is 4.79 Å². The molecule has 0 spiro atoms. The van der Waals surface area contributed by atoms with Gasteiger partial charge in [0.2, 0.25) is 0 Å². The van der Waals surface area contributed by atoms with E-state index in [1.165, 1.54) is 0 Å². The molecule has 1 aliphatic carbocycles. The van der Waals surface area contributed by atoms with Crippen molar-refractivity contribution in [2.24, 2.45) is 10.8 Å². The Morgan fingerprint density at radius 2 is 2.17 bits per heavy atom. The molecule has 1 saturated carbocycles. The number of primary amides is 1. The van der Waals surface area contributed by atoms with E-state index in [-0.39, 0.29) is 5.38 Å². The van der Waals surface area contributed by atoms with Gasteiger partial charge in [-0.25, -0.2) is 10.2 Å². The molecule has 5 heteroatoms. The highest BCUT2D eigenvalue weighted by molar-refractivity contribution is 6.21. The van der Waals surface area contributed by atoms with Crippen LogP contribution in [0.2, 0.25) is 0 Å². The molecule has 0 aromatic rings. The normalized spacial score (nSPS) is 23.4. The van der Waals surface area contributed by atoms with Crippen LogP contribution in [-0.4, -0.2) is 17.1 Å². The van der Waals surface area contributed by atoms with Crippen molar-refractivity contribution in [1.82, 2.24) is 5.43 Å². The average Bonchev–Trinajstić information content (AvgIpc) is 2.03. The minimum Gasteiger partial charge on any atom is -0.350 e. The summed E-state index contributed by atoms with van der Waals surface area (Å²) in [5.74, 6) is 0. The van der Waals surface area contributed by atoms with Crippen LogP contribution in [0.3, 0.4) is 0 Å².